The monoisotopic (exact) mass is 226 g/mol. The van der Waals surface area contributed by atoms with Crippen LogP contribution in [0, 0.1) is 5.41 Å². The van der Waals surface area contributed by atoms with Crippen molar-refractivity contribution < 1.29 is 0 Å². The lowest BCUT2D eigenvalue weighted by molar-refractivity contribution is 0.108. The average Bonchev–Trinajstić information content (AvgIpc) is 2.25. The van der Waals surface area contributed by atoms with Gasteiger partial charge in [-0.2, -0.15) is 0 Å². The Morgan fingerprint density at radius 1 is 1.44 bits per heavy atom. The van der Waals surface area contributed by atoms with Crippen molar-refractivity contribution in [1.82, 2.24) is 9.80 Å². The van der Waals surface area contributed by atoms with E-state index in [1.807, 2.05) is 0 Å². The lowest BCUT2D eigenvalue weighted by atomic mass is 10.00. The Morgan fingerprint density at radius 2 is 2.00 bits per heavy atom. The highest BCUT2D eigenvalue weighted by Crippen LogP contribution is 2.19. The molecule has 0 aromatic rings. The van der Waals surface area contributed by atoms with Crippen LogP contribution in [0.2, 0.25) is 0 Å². The number of likely N-dealkylation sites (tertiary alicyclic amines) is 1. The summed E-state index contributed by atoms with van der Waals surface area (Å²) >= 11 is 0. The van der Waals surface area contributed by atoms with Crippen LogP contribution in [0.3, 0.4) is 0 Å². The van der Waals surface area contributed by atoms with Gasteiger partial charge in [0.05, 0.1) is 5.84 Å². The van der Waals surface area contributed by atoms with E-state index in [1.54, 1.807) is 0 Å². The van der Waals surface area contributed by atoms with Crippen LogP contribution in [0.25, 0.3) is 0 Å². The highest BCUT2D eigenvalue weighted by molar-refractivity contribution is 5.77. The molecule has 4 nitrogen and oxygen atoms in total. The molecule has 0 radical (unpaired) electrons. The van der Waals surface area contributed by atoms with E-state index in [-0.39, 0.29) is 0 Å². The Bertz CT molecular complexity index is 219. The SMILES string of the molecule is CCC(CC(=N)N)N1CCC(N(C)C)CC1. The number of nitrogens with two attached hydrogens (primary N) is 1. The molecule has 0 aromatic carbocycles. The van der Waals surface area contributed by atoms with Crippen LogP contribution in [0.1, 0.15) is 32.6 Å². The maximum Gasteiger partial charge on any atom is 0.0921 e. The van der Waals surface area contributed by atoms with Gasteiger partial charge in [0.2, 0.25) is 0 Å². The third-order valence-corrected chi connectivity index (χ3v) is 3.67. The van der Waals surface area contributed by atoms with Crippen LogP contribution >= 0.6 is 0 Å². The van der Waals surface area contributed by atoms with Gasteiger partial charge in [0.1, 0.15) is 0 Å². The molecule has 1 heterocycles. The van der Waals surface area contributed by atoms with Gasteiger partial charge in [-0.1, -0.05) is 6.92 Å². The predicted octanol–water partition coefficient (Wildman–Crippen LogP) is 1.12. The Kier molecular flexibility index (Phi) is 5.22. The number of hydrogen-bond acceptors (Lipinski definition) is 3. The molecule has 1 rings (SSSR count). The van der Waals surface area contributed by atoms with Crippen LogP contribution in [0.4, 0.5) is 0 Å². The molecule has 0 spiro atoms. The lowest BCUT2D eigenvalue weighted by Crippen LogP contribution is -2.47. The van der Waals surface area contributed by atoms with Crippen LogP contribution < -0.4 is 5.73 Å². The summed E-state index contributed by atoms with van der Waals surface area (Å²) in [5.74, 6) is 0.321. The largest absolute Gasteiger partial charge is 0.388 e. The smallest absolute Gasteiger partial charge is 0.0921 e. The van der Waals surface area contributed by atoms with Crippen molar-refractivity contribution in [2.75, 3.05) is 27.2 Å². The minimum Gasteiger partial charge on any atom is -0.388 e. The van der Waals surface area contributed by atoms with Crippen molar-refractivity contribution in [3.05, 3.63) is 0 Å². The van der Waals surface area contributed by atoms with Crippen molar-refractivity contribution in [3.8, 4) is 0 Å². The first-order valence-corrected chi connectivity index (χ1v) is 6.28. The van der Waals surface area contributed by atoms with Crippen molar-refractivity contribution >= 4 is 5.84 Å². The van der Waals surface area contributed by atoms with Crippen molar-refractivity contribution in [1.29, 1.82) is 5.41 Å². The summed E-state index contributed by atoms with van der Waals surface area (Å²) in [4.78, 5) is 4.82. The van der Waals surface area contributed by atoms with E-state index in [1.165, 1.54) is 12.8 Å². The highest BCUT2D eigenvalue weighted by atomic mass is 15.2. The van der Waals surface area contributed by atoms with E-state index >= 15 is 0 Å². The second-order valence-electron chi connectivity index (χ2n) is 5.02. The van der Waals surface area contributed by atoms with Crippen molar-refractivity contribution in [3.63, 3.8) is 0 Å². The van der Waals surface area contributed by atoms with Crippen LogP contribution in [0.5, 0.6) is 0 Å². The Labute approximate surface area is 99.3 Å². The van der Waals surface area contributed by atoms with Gasteiger partial charge < -0.3 is 10.6 Å². The molecule has 1 atom stereocenters. The molecule has 4 heteroatoms. The molecule has 0 saturated carbocycles. The highest BCUT2D eigenvalue weighted by Gasteiger charge is 2.25. The van der Waals surface area contributed by atoms with Crippen LogP contribution in [-0.4, -0.2) is 54.9 Å². The molecular formula is C12H26N4. The minimum absolute atomic E-state index is 0.321. The fraction of sp³-hybridized carbons (Fsp3) is 0.917. The van der Waals surface area contributed by atoms with Crippen LogP contribution in [-0.2, 0) is 0 Å². The molecule has 1 aliphatic heterocycles. The Balaban J connectivity index is 2.41. The van der Waals surface area contributed by atoms with Gasteiger partial charge in [-0.05, 0) is 46.4 Å². The van der Waals surface area contributed by atoms with Gasteiger partial charge in [0.25, 0.3) is 0 Å². The molecule has 0 bridgehead atoms. The number of amidine groups is 1. The summed E-state index contributed by atoms with van der Waals surface area (Å²) in [6, 6.07) is 1.20. The second-order valence-corrected chi connectivity index (χ2v) is 5.02. The summed E-state index contributed by atoms with van der Waals surface area (Å²) < 4.78 is 0. The van der Waals surface area contributed by atoms with Gasteiger partial charge in [-0.25, -0.2) is 0 Å². The molecule has 1 unspecified atom stereocenters. The number of hydrogen-bond donors (Lipinski definition) is 2. The third kappa shape index (κ3) is 3.76. The standard InChI is InChI=1S/C12H26N4/c1-4-10(9-12(13)14)16-7-5-11(6-8-16)15(2)3/h10-11H,4-9H2,1-3H3,(H3,13,14). The fourth-order valence-electron chi connectivity index (χ4n) is 2.55. The first kappa shape index (κ1) is 13.5. The summed E-state index contributed by atoms with van der Waals surface area (Å²) in [7, 11) is 4.32. The van der Waals surface area contributed by atoms with E-state index in [4.69, 9.17) is 11.1 Å². The normalized spacial score (nSPS) is 21.2. The van der Waals surface area contributed by atoms with Gasteiger partial charge >= 0.3 is 0 Å². The molecule has 94 valence electrons. The summed E-state index contributed by atoms with van der Waals surface area (Å²) in [6.07, 6.45) is 4.29. The molecule has 1 aliphatic rings. The van der Waals surface area contributed by atoms with E-state index in [9.17, 15) is 0 Å². The minimum atomic E-state index is 0.321. The van der Waals surface area contributed by atoms with E-state index in [0.717, 1.165) is 32.0 Å². The van der Waals surface area contributed by atoms with Gasteiger partial charge in [-0.15, -0.1) is 0 Å². The van der Waals surface area contributed by atoms with E-state index in [0.29, 0.717) is 11.9 Å². The Hall–Kier alpha value is -0.610. The van der Waals surface area contributed by atoms with E-state index in [2.05, 4.69) is 30.8 Å². The zero-order valence-electron chi connectivity index (χ0n) is 10.9. The first-order chi connectivity index (χ1) is 7.54. The van der Waals surface area contributed by atoms with Gasteiger partial charge in [0, 0.05) is 18.5 Å². The average molecular weight is 226 g/mol. The molecule has 1 fully saturated rings. The predicted molar refractivity (Wildman–Crippen MR) is 68.9 cm³/mol. The number of nitrogens with one attached hydrogen (secondary N) is 1. The zero-order chi connectivity index (χ0) is 12.1. The molecule has 0 aliphatic carbocycles. The maximum atomic E-state index is 7.40. The molecule has 0 aromatic heterocycles. The van der Waals surface area contributed by atoms with Crippen molar-refractivity contribution in [2.24, 2.45) is 5.73 Å². The quantitative estimate of drug-likeness (QED) is 0.545. The van der Waals surface area contributed by atoms with E-state index < -0.39 is 0 Å². The number of piperidine rings is 1. The summed E-state index contributed by atoms with van der Waals surface area (Å²) in [5, 5.41) is 7.40. The van der Waals surface area contributed by atoms with Gasteiger partial charge in [-0.3, -0.25) is 10.3 Å². The third-order valence-electron chi connectivity index (χ3n) is 3.67. The summed E-state index contributed by atoms with van der Waals surface area (Å²) in [5.41, 5.74) is 5.50. The molecule has 0 amide bonds. The molecular weight excluding hydrogens is 200 g/mol. The second kappa shape index (κ2) is 6.21. The Morgan fingerprint density at radius 3 is 2.38 bits per heavy atom. The topological polar surface area (TPSA) is 56.4 Å². The zero-order valence-corrected chi connectivity index (χ0v) is 10.9. The summed E-state index contributed by atoms with van der Waals surface area (Å²) in [6.45, 7) is 4.48. The van der Waals surface area contributed by atoms with Crippen molar-refractivity contribution in [2.45, 2.75) is 44.7 Å². The molecule has 1 saturated heterocycles. The molecule has 16 heavy (non-hydrogen) atoms. The fourth-order valence-corrected chi connectivity index (χ4v) is 2.55. The molecule has 3 N–H and O–H groups in total. The maximum absolute atomic E-state index is 7.40. The first-order valence-electron chi connectivity index (χ1n) is 6.28. The van der Waals surface area contributed by atoms with Gasteiger partial charge in [0.15, 0.2) is 0 Å². The number of rotatable bonds is 5. The lowest BCUT2D eigenvalue weighted by Gasteiger charge is -2.39. The van der Waals surface area contributed by atoms with Crippen LogP contribution in [0.15, 0.2) is 0 Å². The number of nitrogens with zero attached hydrogens (tertiary/aromatic N) is 2.